The van der Waals surface area contributed by atoms with Crippen LogP contribution in [-0.4, -0.2) is 31.1 Å². The zero-order valence-corrected chi connectivity index (χ0v) is 12.3. The summed E-state index contributed by atoms with van der Waals surface area (Å²) in [6.45, 7) is 5.65. The quantitative estimate of drug-likeness (QED) is 0.811. The van der Waals surface area contributed by atoms with E-state index in [9.17, 15) is 9.59 Å². The fourth-order valence-corrected chi connectivity index (χ4v) is 1.84. The lowest BCUT2D eigenvalue weighted by Gasteiger charge is -2.18. The van der Waals surface area contributed by atoms with Crippen LogP contribution in [0.25, 0.3) is 0 Å². The molecule has 1 aromatic rings. The van der Waals surface area contributed by atoms with Gasteiger partial charge in [-0.3, -0.25) is 9.59 Å². The highest BCUT2D eigenvalue weighted by molar-refractivity contribution is 5.83. The molecule has 0 aliphatic carbocycles. The van der Waals surface area contributed by atoms with Crippen molar-refractivity contribution in [2.45, 2.75) is 39.3 Å². The summed E-state index contributed by atoms with van der Waals surface area (Å²) in [5.74, 6) is 1.09. The number of carbonyl (C=O) groups excluding carboxylic acids is 2. The van der Waals surface area contributed by atoms with E-state index in [1.807, 2.05) is 13.8 Å². The molecule has 0 radical (unpaired) electrons. The van der Waals surface area contributed by atoms with Crippen LogP contribution in [0.2, 0.25) is 0 Å². The zero-order valence-electron chi connectivity index (χ0n) is 12.3. The Bertz CT molecular complexity index is 543. The molecule has 2 atom stereocenters. The van der Waals surface area contributed by atoms with Gasteiger partial charge < -0.3 is 19.5 Å². The molecule has 2 rings (SSSR count). The maximum Gasteiger partial charge on any atom is 0.260 e. The zero-order chi connectivity index (χ0) is 15.4. The standard InChI is InChI=1S/C15H19NO5/c1-4-9(2)16-15(18)10(3)21-12-6-14-13(19-8-20-14)5-11(12)7-17/h5-7,9-10H,4,8H2,1-3H3,(H,16,18). The Labute approximate surface area is 123 Å². The molecule has 2 unspecified atom stereocenters. The van der Waals surface area contributed by atoms with Gasteiger partial charge >= 0.3 is 0 Å². The minimum absolute atomic E-state index is 0.0749. The van der Waals surface area contributed by atoms with Crippen LogP contribution >= 0.6 is 0 Å². The molecule has 1 aliphatic heterocycles. The second-order valence-corrected chi connectivity index (χ2v) is 4.94. The van der Waals surface area contributed by atoms with Crippen LogP contribution in [0.15, 0.2) is 12.1 Å². The van der Waals surface area contributed by atoms with Crippen molar-refractivity contribution in [3.8, 4) is 17.2 Å². The first-order chi connectivity index (χ1) is 10.0. The van der Waals surface area contributed by atoms with E-state index in [1.54, 1.807) is 19.1 Å². The normalized spacial score (nSPS) is 15.2. The van der Waals surface area contributed by atoms with Gasteiger partial charge in [-0.2, -0.15) is 0 Å². The first kappa shape index (κ1) is 15.2. The van der Waals surface area contributed by atoms with E-state index in [0.717, 1.165) is 6.42 Å². The van der Waals surface area contributed by atoms with Crippen LogP contribution in [0.1, 0.15) is 37.6 Å². The lowest BCUT2D eigenvalue weighted by molar-refractivity contribution is -0.127. The van der Waals surface area contributed by atoms with Gasteiger partial charge in [0.15, 0.2) is 23.9 Å². The molecule has 0 fully saturated rings. The molecule has 1 N–H and O–H groups in total. The van der Waals surface area contributed by atoms with E-state index in [0.29, 0.717) is 29.1 Å². The Hall–Kier alpha value is -2.24. The van der Waals surface area contributed by atoms with Crippen LogP contribution in [0.5, 0.6) is 17.2 Å². The van der Waals surface area contributed by atoms with Gasteiger partial charge in [0.2, 0.25) is 6.79 Å². The fourth-order valence-electron chi connectivity index (χ4n) is 1.84. The van der Waals surface area contributed by atoms with E-state index >= 15 is 0 Å². The van der Waals surface area contributed by atoms with E-state index in [-0.39, 0.29) is 18.7 Å². The SMILES string of the molecule is CCC(C)NC(=O)C(C)Oc1cc2c(cc1C=O)OCO2. The average Bonchev–Trinajstić information content (AvgIpc) is 2.93. The Morgan fingerprint density at radius 2 is 2.05 bits per heavy atom. The van der Waals surface area contributed by atoms with Gasteiger partial charge in [-0.15, -0.1) is 0 Å². The Kier molecular flexibility index (Phi) is 4.67. The lowest BCUT2D eigenvalue weighted by atomic mass is 10.2. The summed E-state index contributed by atoms with van der Waals surface area (Å²) < 4.78 is 16.0. The number of carbonyl (C=O) groups is 2. The third kappa shape index (κ3) is 3.45. The molecule has 21 heavy (non-hydrogen) atoms. The maximum absolute atomic E-state index is 12.0. The van der Waals surface area contributed by atoms with Crippen LogP contribution in [0.4, 0.5) is 0 Å². The fraction of sp³-hybridized carbons (Fsp3) is 0.467. The first-order valence-electron chi connectivity index (χ1n) is 6.91. The van der Waals surface area contributed by atoms with E-state index < -0.39 is 6.10 Å². The third-order valence-electron chi connectivity index (χ3n) is 3.31. The van der Waals surface area contributed by atoms with Crippen LogP contribution in [0.3, 0.4) is 0 Å². The lowest BCUT2D eigenvalue weighted by Crippen LogP contribution is -2.41. The molecule has 1 heterocycles. The maximum atomic E-state index is 12.0. The van der Waals surface area contributed by atoms with Crippen molar-refractivity contribution in [2.24, 2.45) is 0 Å². The molecule has 0 spiro atoms. The minimum Gasteiger partial charge on any atom is -0.480 e. The monoisotopic (exact) mass is 293 g/mol. The predicted molar refractivity (Wildman–Crippen MR) is 75.9 cm³/mol. The van der Waals surface area contributed by atoms with Crippen molar-refractivity contribution in [1.29, 1.82) is 0 Å². The highest BCUT2D eigenvalue weighted by Crippen LogP contribution is 2.37. The van der Waals surface area contributed by atoms with Gasteiger partial charge in [-0.05, 0) is 26.3 Å². The number of aldehydes is 1. The molecule has 1 aliphatic rings. The summed E-state index contributed by atoms with van der Waals surface area (Å²) in [7, 11) is 0. The number of fused-ring (bicyclic) bond motifs is 1. The third-order valence-corrected chi connectivity index (χ3v) is 3.31. The summed E-state index contributed by atoms with van der Waals surface area (Å²) in [4.78, 5) is 23.1. The molecular formula is C15H19NO5. The van der Waals surface area contributed by atoms with Gasteiger partial charge in [-0.25, -0.2) is 0 Å². The smallest absolute Gasteiger partial charge is 0.260 e. The summed E-state index contributed by atoms with van der Waals surface area (Å²) in [6.07, 6.45) is 0.789. The largest absolute Gasteiger partial charge is 0.480 e. The molecule has 0 bridgehead atoms. The van der Waals surface area contributed by atoms with Crippen molar-refractivity contribution in [2.75, 3.05) is 6.79 Å². The second-order valence-electron chi connectivity index (χ2n) is 4.94. The van der Waals surface area contributed by atoms with E-state index in [4.69, 9.17) is 14.2 Å². The molecule has 6 heteroatoms. The number of hydrogen-bond acceptors (Lipinski definition) is 5. The Balaban J connectivity index is 2.11. The van der Waals surface area contributed by atoms with Gasteiger partial charge in [0.1, 0.15) is 5.75 Å². The molecule has 6 nitrogen and oxygen atoms in total. The molecule has 1 aromatic carbocycles. The van der Waals surface area contributed by atoms with E-state index in [2.05, 4.69) is 5.32 Å². The van der Waals surface area contributed by atoms with Crippen molar-refractivity contribution >= 4 is 12.2 Å². The number of benzene rings is 1. The Morgan fingerprint density at radius 1 is 1.38 bits per heavy atom. The number of rotatable bonds is 6. The molecule has 0 saturated heterocycles. The summed E-state index contributed by atoms with van der Waals surface area (Å²) in [6, 6.07) is 3.19. The van der Waals surface area contributed by atoms with Crippen molar-refractivity contribution in [3.05, 3.63) is 17.7 Å². The predicted octanol–water partition coefficient (Wildman–Crippen LogP) is 1.91. The first-order valence-corrected chi connectivity index (χ1v) is 6.91. The van der Waals surface area contributed by atoms with Gasteiger partial charge in [0, 0.05) is 12.1 Å². The number of ether oxygens (including phenoxy) is 3. The molecule has 114 valence electrons. The van der Waals surface area contributed by atoms with Crippen LogP contribution in [-0.2, 0) is 4.79 Å². The number of hydrogen-bond donors (Lipinski definition) is 1. The van der Waals surface area contributed by atoms with Crippen LogP contribution in [0, 0.1) is 0 Å². The van der Waals surface area contributed by atoms with Gasteiger partial charge in [0.25, 0.3) is 5.91 Å². The minimum atomic E-state index is -0.710. The highest BCUT2D eigenvalue weighted by atomic mass is 16.7. The summed E-state index contributed by atoms with van der Waals surface area (Å²) in [5, 5.41) is 2.83. The van der Waals surface area contributed by atoms with E-state index in [1.165, 1.54) is 0 Å². The molecular weight excluding hydrogens is 274 g/mol. The summed E-state index contributed by atoms with van der Waals surface area (Å²) in [5.41, 5.74) is 0.322. The van der Waals surface area contributed by atoms with Crippen molar-refractivity contribution in [1.82, 2.24) is 5.32 Å². The highest BCUT2D eigenvalue weighted by Gasteiger charge is 2.22. The molecule has 0 saturated carbocycles. The van der Waals surface area contributed by atoms with Crippen molar-refractivity contribution in [3.63, 3.8) is 0 Å². The number of amides is 1. The molecule has 0 aromatic heterocycles. The second kappa shape index (κ2) is 6.47. The van der Waals surface area contributed by atoms with Crippen LogP contribution < -0.4 is 19.5 Å². The van der Waals surface area contributed by atoms with Crippen molar-refractivity contribution < 1.29 is 23.8 Å². The Morgan fingerprint density at radius 3 is 2.67 bits per heavy atom. The summed E-state index contributed by atoms with van der Waals surface area (Å²) >= 11 is 0. The van der Waals surface area contributed by atoms with Gasteiger partial charge in [-0.1, -0.05) is 6.92 Å². The number of nitrogens with one attached hydrogen (secondary N) is 1. The molecule has 1 amide bonds. The van der Waals surface area contributed by atoms with Gasteiger partial charge in [0.05, 0.1) is 5.56 Å². The topological polar surface area (TPSA) is 73.9 Å². The average molecular weight is 293 g/mol.